The van der Waals surface area contributed by atoms with Gasteiger partial charge >= 0.3 is 5.97 Å². The third-order valence-electron chi connectivity index (χ3n) is 5.31. The van der Waals surface area contributed by atoms with E-state index in [4.69, 9.17) is 10.8 Å². The van der Waals surface area contributed by atoms with Crippen LogP contribution in [0.25, 0.3) is 0 Å². The molecule has 0 saturated carbocycles. The summed E-state index contributed by atoms with van der Waals surface area (Å²) in [5.41, 5.74) is 6.70. The van der Waals surface area contributed by atoms with Gasteiger partial charge in [0, 0.05) is 13.0 Å². The highest BCUT2D eigenvalue weighted by Crippen LogP contribution is 2.20. The van der Waals surface area contributed by atoms with Crippen LogP contribution in [0.1, 0.15) is 38.7 Å². The van der Waals surface area contributed by atoms with Crippen LogP contribution in [0.5, 0.6) is 5.75 Å². The highest BCUT2D eigenvalue weighted by Gasteiger charge is 2.38. The molecule has 2 rings (SSSR count). The number of carbonyl (C=O) groups is 4. The molecule has 1 aliphatic rings. The molecule has 1 saturated heterocycles. The summed E-state index contributed by atoms with van der Waals surface area (Å²) in [6.45, 7) is 3.67. The van der Waals surface area contributed by atoms with E-state index in [0.717, 1.165) is 0 Å². The number of likely N-dealkylation sites (tertiary alicyclic amines) is 1. The Balaban J connectivity index is 2.19. The fraction of sp³-hybridized carbons (Fsp3) is 0.545. The van der Waals surface area contributed by atoms with Crippen LogP contribution in [0.3, 0.4) is 0 Å². The minimum Gasteiger partial charge on any atom is -0.508 e. The number of nitrogens with zero attached hydrogens (tertiary/aromatic N) is 1. The lowest BCUT2D eigenvalue weighted by Crippen LogP contribution is -2.56. The Morgan fingerprint density at radius 2 is 1.84 bits per heavy atom. The molecule has 0 aliphatic carbocycles. The van der Waals surface area contributed by atoms with Gasteiger partial charge in [-0.3, -0.25) is 19.2 Å². The van der Waals surface area contributed by atoms with Gasteiger partial charge in [-0.05, 0) is 42.9 Å². The largest absolute Gasteiger partial charge is 0.508 e. The zero-order valence-corrected chi connectivity index (χ0v) is 18.4. The van der Waals surface area contributed by atoms with E-state index in [2.05, 4.69) is 10.6 Å². The Labute approximate surface area is 187 Å². The summed E-state index contributed by atoms with van der Waals surface area (Å²) < 4.78 is 0. The van der Waals surface area contributed by atoms with Gasteiger partial charge in [-0.1, -0.05) is 26.0 Å². The number of carbonyl (C=O) groups excluding carboxylic acids is 3. The maximum atomic E-state index is 13.4. The third kappa shape index (κ3) is 7.23. The molecular weight excluding hydrogens is 416 g/mol. The molecule has 1 heterocycles. The number of nitrogens with two attached hydrogens (primary N) is 1. The second-order valence-corrected chi connectivity index (χ2v) is 8.47. The van der Waals surface area contributed by atoms with E-state index < -0.39 is 48.4 Å². The summed E-state index contributed by atoms with van der Waals surface area (Å²) in [7, 11) is 0. The number of carboxylic acids is 1. The van der Waals surface area contributed by atoms with Gasteiger partial charge in [0.1, 0.15) is 24.4 Å². The Morgan fingerprint density at radius 3 is 2.44 bits per heavy atom. The molecule has 0 aromatic heterocycles. The summed E-state index contributed by atoms with van der Waals surface area (Å²) in [6.07, 6.45) is 1.60. The van der Waals surface area contributed by atoms with E-state index in [1.807, 2.05) is 13.8 Å². The number of phenolic OH excluding ortho intramolecular Hbond substituents is 1. The Kier molecular flexibility index (Phi) is 9.01. The number of aliphatic carboxylic acids is 1. The predicted molar refractivity (Wildman–Crippen MR) is 117 cm³/mol. The fourth-order valence-corrected chi connectivity index (χ4v) is 3.75. The smallest absolute Gasteiger partial charge is 0.322 e. The number of aromatic hydroxyl groups is 1. The molecule has 1 fully saturated rings. The van der Waals surface area contributed by atoms with Crippen molar-refractivity contribution in [1.82, 2.24) is 15.5 Å². The van der Waals surface area contributed by atoms with Crippen LogP contribution < -0.4 is 16.4 Å². The summed E-state index contributed by atoms with van der Waals surface area (Å²) in [5, 5.41) is 23.4. The summed E-state index contributed by atoms with van der Waals surface area (Å²) in [5.74, 6) is -2.33. The number of carboxylic acid groups (broad SMARTS) is 1. The molecule has 32 heavy (non-hydrogen) atoms. The number of nitrogens with one attached hydrogen (secondary N) is 2. The summed E-state index contributed by atoms with van der Waals surface area (Å²) >= 11 is 0. The monoisotopic (exact) mass is 448 g/mol. The first-order valence-electron chi connectivity index (χ1n) is 10.7. The predicted octanol–water partition coefficient (Wildman–Crippen LogP) is -0.0153. The van der Waals surface area contributed by atoms with Crippen molar-refractivity contribution in [2.45, 2.75) is 57.7 Å². The third-order valence-corrected chi connectivity index (χ3v) is 5.31. The van der Waals surface area contributed by atoms with Gasteiger partial charge in [-0.2, -0.15) is 0 Å². The molecule has 3 amide bonds. The second-order valence-electron chi connectivity index (χ2n) is 8.47. The molecule has 6 N–H and O–H groups in total. The van der Waals surface area contributed by atoms with Crippen molar-refractivity contribution in [1.29, 1.82) is 0 Å². The topological polar surface area (TPSA) is 162 Å². The lowest BCUT2D eigenvalue weighted by Gasteiger charge is -2.29. The van der Waals surface area contributed by atoms with Gasteiger partial charge in [0.05, 0.1) is 6.04 Å². The minimum atomic E-state index is -1.18. The molecule has 0 bridgehead atoms. The molecule has 1 aliphatic heterocycles. The molecular formula is C22H32N4O6. The van der Waals surface area contributed by atoms with Crippen molar-refractivity contribution in [2.75, 3.05) is 13.1 Å². The molecule has 0 radical (unpaired) electrons. The van der Waals surface area contributed by atoms with E-state index in [1.54, 1.807) is 12.1 Å². The van der Waals surface area contributed by atoms with Gasteiger partial charge in [0.25, 0.3) is 0 Å². The molecule has 1 aromatic carbocycles. The average molecular weight is 449 g/mol. The van der Waals surface area contributed by atoms with E-state index in [1.165, 1.54) is 17.0 Å². The van der Waals surface area contributed by atoms with E-state index in [0.29, 0.717) is 31.4 Å². The van der Waals surface area contributed by atoms with E-state index in [-0.39, 0.29) is 18.1 Å². The van der Waals surface area contributed by atoms with Gasteiger partial charge in [0.2, 0.25) is 17.7 Å². The number of phenols is 1. The minimum absolute atomic E-state index is 0.0781. The number of benzene rings is 1. The maximum absolute atomic E-state index is 13.4. The second kappa shape index (κ2) is 11.5. The highest BCUT2D eigenvalue weighted by atomic mass is 16.4. The Hall–Kier alpha value is -3.14. The zero-order chi connectivity index (χ0) is 23.8. The van der Waals surface area contributed by atoms with Crippen molar-refractivity contribution in [2.24, 2.45) is 11.7 Å². The van der Waals surface area contributed by atoms with Crippen LogP contribution in [0.4, 0.5) is 0 Å². The van der Waals surface area contributed by atoms with E-state index in [9.17, 15) is 24.3 Å². The van der Waals surface area contributed by atoms with Gasteiger partial charge in [-0.25, -0.2) is 0 Å². The number of hydrogen-bond donors (Lipinski definition) is 5. The standard InChI is InChI=1S/C22H32N4O6/c1-13(2)10-16(23)20(30)25-17(11-14-5-7-15(27)8-6-14)22(32)26-9-3-4-18(26)21(31)24-12-19(28)29/h5-8,13,16-18,27H,3-4,9-12,23H2,1-2H3,(H,24,31)(H,25,30)(H,28,29). The molecule has 3 unspecified atom stereocenters. The molecule has 3 atom stereocenters. The molecule has 10 nitrogen and oxygen atoms in total. The van der Waals surface area contributed by atoms with Crippen LogP contribution in [0.2, 0.25) is 0 Å². The van der Waals surface area contributed by atoms with Crippen molar-refractivity contribution >= 4 is 23.7 Å². The number of amides is 3. The Bertz CT molecular complexity index is 826. The first kappa shape index (κ1) is 25.1. The van der Waals surface area contributed by atoms with Crippen LogP contribution in [-0.2, 0) is 25.6 Å². The normalized spacial score (nSPS) is 17.6. The number of rotatable bonds is 10. The molecule has 0 spiro atoms. The number of hydrogen-bond acceptors (Lipinski definition) is 6. The van der Waals surface area contributed by atoms with Crippen LogP contribution >= 0.6 is 0 Å². The lowest BCUT2D eigenvalue weighted by atomic mass is 10.0. The maximum Gasteiger partial charge on any atom is 0.322 e. The SMILES string of the molecule is CC(C)CC(N)C(=O)NC(Cc1ccc(O)cc1)C(=O)N1CCCC1C(=O)NCC(=O)O. The van der Waals surface area contributed by atoms with E-state index >= 15 is 0 Å². The Morgan fingerprint density at radius 1 is 1.19 bits per heavy atom. The van der Waals surface area contributed by atoms with Gasteiger partial charge < -0.3 is 31.5 Å². The van der Waals surface area contributed by atoms with Crippen molar-refractivity contribution in [3.05, 3.63) is 29.8 Å². The first-order valence-corrected chi connectivity index (χ1v) is 10.7. The summed E-state index contributed by atoms with van der Waals surface area (Å²) in [4.78, 5) is 50.6. The van der Waals surface area contributed by atoms with Gasteiger partial charge in [0.15, 0.2) is 0 Å². The zero-order valence-electron chi connectivity index (χ0n) is 18.4. The van der Waals surface area contributed by atoms with Crippen LogP contribution in [0.15, 0.2) is 24.3 Å². The van der Waals surface area contributed by atoms with Crippen molar-refractivity contribution < 1.29 is 29.4 Å². The molecule has 1 aromatic rings. The van der Waals surface area contributed by atoms with Crippen LogP contribution in [-0.4, -0.2) is 70.0 Å². The highest BCUT2D eigenvalue weighted by molar-refractivity contribution is 5.94. The lowest BCUT2D eigenvalue weighted by molar-refractivity contribution is -0.142. The van der Waals surface area contributed by atoms with Crippen molar-refractivity contribution in [3.8, 4) is 5.75 Å². The molecule has 176 valence electrons. The van der Waals surface area contributed by atoms with Crippen molar-refractivity contribution in [3.63, 3.8) is 0 Å². The fourth-order valence-electron chi connectivity index (χ4n) is 3.75. The first-order chi connectivity index (χ1) is 15.1. The quantitative estimate of drug-likeness (QED) is 0.336. The van der Waals surface area contributed by atoms with Gasteiger partial charge in [-0.15, -0.1) is 0 Å². The molecule has 10 heteroatoms. The van der Waals surface area contributed by atoms with Crippen LogP contribution in [0, 0.1) is 5.92 Å². The average Bonchev–Trinajstić information content (AvgIpc) is 3.21. The summed E-state index contributed by atoms with van der Waals surface area (Å²) in [6, 6.07) is 3.73.